The number of hydrogen-bond donors (Lipinski definition) is 1. The van der Waals surface area contributed by atoms with Crippen molar-refractivity contribution in [1.29, 1.82) is 0 Å². The standard InChI is InChI=1S/C22H36BrNO5S/c1-15(2)10-21(20(23)13-19(6)29-14-28-9-8-27-7)24-30(25,26)22-17(4)11-16(3)12-18(22)5/h11-13,15,19,21,24H,8-10,14H2,1-7H3/b20-13+/t19-,21-/m0/s1. The molecule has 1 aromatic rings. The van der Waals surface area contributed by atoms with Gasteiger partial charge in [-0.2, -0.15) is 0 Å². The summed E-state index contributed by atoms with van der Waals surface area (Å²) in [6.07, 6.45) is 2.27. The van der Waals surface area contributed by atoms with E-state index in [9.17, 15) is 8.42 Å². The van der Waals surface area contributed by atoms with Crippen molar-refractivity contribution in [1.82, 2.24) is 4.72 Å². The Labute approximate surface area is 190 Å². The summed E-state index contributed by atoms with van der Waals surface area (Å²) in [6, 6.07) is 3.39. The first-order valence-corrected chi connectivity index (χ1v) is 12.4. The van der Waals surface area contributed by atoms with E-state index in [1.807, 2.05) is 45.9 Å². The van der Waals surface area contributed by atoms with E-state index in [2.05, 4.69) is 34.5 Å². The van der Waals surface area contributed by atoms with Gasteiger partial charge in [-0.3, -0.25) is 0 Å². The summed E-state index contributed by atoms with van der Waals surface area (Å²) >= 11 is 3.57. The van der Waals surface area contributed by atoms with Gasteiger partial charge in [0.05, 0.1) is 30.3 Å². The van der Waals surface area contributed by atoms with E-state index < -0.39 is 16.1 Å². The van der Waals surface area contributed by atoms with Gasteiger partial charge in [-0.05, 0) is 57.2 Å². The van der Waals surface area contributed by atoms with Crippen LogP contribution in [0.2, 0.25) is 0 Å². The third-order valence-corrected chi connectivity index (χ3v) is 7.04. The van der Waals surface area contributed by atoms with Crippen LogP contribution in [0, 0.1) is 26.7 Å². The lowest BCUT2D eigenvalue weighted by Gasteiger charge is -2.23. The summed E-state index contributed by atoms with van der Waals surface area (Å²) < 4.78 is 45.9. The van der Waals surface area contributed by atoms with E-state index >= 15 is 0 Å². The van der Waals surface area contributed by atoms with E-state index in [1.54, 1.807) is 7.11 Å². The number of halogens is 1. The Kier molecular flexibility index (Phi) is 11.8. The molecular weight excluding hydrogens is 470 g/mol. The van der Waals surface area contributed by atoms with Crippen LogP contribution < -0.4 is 4.72 Å². The molecule has 0 fully saturated rings. The summed E-state index contributed by atoms with van der Waals surface area (Å²) in [7, 11) is -2.08. The Balaban J connectivity index is 2.98. The Morgan fingerprint density at radius 3 is 2.27 bits per heavy atom. The lowest BCUT2D eigenvalue weighted by atomic mass is 10.0. The quantitative estimate of drug-likeness (QED) is 0.313. The van der Waals surface area contributed by atoms with Gasteiger partial charge in [0.25, 0.3) is 0 Å². The average molecular weight is 507 g/mol. The molecule has 0 unspecified atom stereocenters. The van der Waals surface area contributed by atoms with Crippen LogP contribution >= 0.6 is 15.9 Å². The Morgan fingerprint density at radius 1 is 1.13 bits per heavy atom. The largest absolute Gasteiger partial charge is 0.382 e. The van der Waals surface area contributed by atoms with Crippen molar-refractivity contribution >= 4 is 26.0 Å². The smallest absolute Gasteiger partial charge is 0.241 e. The fourth-order valence-electron chi connectivity index (χ4n) is 3.27. The number of sulfonamides is 1. The highest BCUT2D eigenvalue weighted by atomic mass is 79.9. The highest BCUT2D eigenvalue weighted by Gasteiger charge is 2.26. The molecule has 0 aliphatic carbocycles. The fraction of sp³-hybridized carbons (Fsp3) is 0.636. The third-order valence-electron chi connectivity index (χ3n) is 4.45. The van der Waals surface area contributed by atoms with Crippen molar-refractivity contribution in [3.8, 4) is 0 Å². The monoisotopic (exact) mass is 505 g/mol. The normalized spacial score (nSPS) is 14.9. The van der Waals surface area contributed by atoms with Crippen LogP contribution in [0.15, 0.2) is 27.6 Å². The summed E-state index contributed by atoms with van der Waals surface area (Å²) in [5, 5.41) is 0. The molecule has 0 bridgehead atoms. The number of nitrogens with one attached hydrogen (secondary N) is 1. The molecule has 0 aliphatic heterocycles. The minimum Gasteiger partial charge on any atom is -0.382 e. The topological polar surface area (TPSA) is 73.9 Å². The zero-order valence-electron chi connectivity index (χ0n) is 19.1. The van der Waals surface area contributed by atoms with Crippen LogP contribution in [0.4, 0.5) is 0 Å². The van der Waals surface area contributed by atoms with Crippen molar-refractivity contribution in [2.75, 3.05) is 27.1 Å². The molecule has 2 atom stereocenters. The molecule has 1 rings (SSSR count). The van der Waals surface area contributed by atoms with Crippen molar-refractivity contribution in [2.45, 2.75) is 65.0 Å². The zero-order valence-corrected chi connectivity index (χ0v) is 21.5. The SMILES string of the molecule is COCCOCO[C@@H](C)/C=C(/Br)[C@H](CC(C)C)NS(=O)(=O)c1c(C)cc(C)cc1C. The predicted molar refractivity (Wildman–Crippen MR) is 124 cm³/mol. The average Bonchev–Trinajstić information content (AvgIpc) is 2.59. The summed E-state index contributed by atoms with van der Waals surface area (Å²) in [6.45, 7) is 12.7. The molecule has 0 radical (unpaired) electrons. The second-order valence-electron chi connectivity index (χ2n) is 7.97. The van der Waals surface area contributed by atoms with Crippen molar-refractivity contribution in [2.24, 2.45) is 5.92 Å². The molecule has 0 amide bonds. The summed E-state index contributed by atoms with van der Waals surface area (Å²) in [5.41, 5.74) is 2.53. The van der Waals surface area contributed by atoms with E-state index in [0.717, 1.165) is 21.2 Å². The van der Waals surface area contributed by atoms with Gasteiger partial charge in [-0.1, -0.05) is 47.5 Å². The number of aryl methyl sites for hydroxylation is 3. The minimum atomic E-state index is -3.69. The third kappa shape index (κ3) is 9.16. The highest BCUT2D eigenvalue weighted by Crippen LogP contribution is 2.25. The van der Waals surface area contributed by atoms with Crippen LogP contribution in [-0.2, 0) is 24.2 Å². The van der Waals surface area contributed by atoms with E-state index in [0.29, 0.717) is 30.4 Å². The van der Waals surface area contributed by atoms with Gasteiger partial charge < -0.3 is 14.2 Å². The molecule has 0 saturated heterocycles. The second-order valence-corrected chi connectivity index (χ2v) is 10.5. The molecular formula is C22H36BrNO5S. The predicted octanol–water partition coefficient (Wildman–Crippen LogP) is 4.61. The highest BCUT2D eigenvalue weighted by molar-refractivity contribution is 9.11. The second kappa shape index (κ2) is 12.9. The number of rotatable bonds is 13. The molecule has 0 heterocycles. The Hall–Kier alpha value is -0.770. The minimum absolute atomic E-state index is 0.142. The van der Waals surface area contributed by atoms with Crippen molar-refractivity contribution in [3.05, 3.63) is 39.4 Å². The number of benzene rings is 1. The first-order chi connectivity index (χ1) is 14.0. The van der Waals surface area contributed by atoms with Crippen LogP contribution in [-0.4, -0.2) is 47.7 Å². The van der Waals surface area contributed by atoms with Crippen LogP contribution in [0.5, 0.6) is 0 Å². The Bertz CT molecular complexity index is 785. The summed E-state index contributed by atoms with van der Waals surface area (Å²) in [4.78, 5) is 0.345. The molecule has 1 aromatic carbocycles. The molecule has 6 nitrogen and oxygen atoms in total. The van der Waals surface area contributed by atoms with Gasteiger partial charge in [0.1, 0.15) is 6.79 Å². The lowest BCUT2D eigenvalue weighted by molar-refractivity contribution is -0.0804. The number of methoxy groups -OCH3 is 1. The van der Waals surface area contributed by atoms with Crippen LogP contribution in [0.1, 0.15) is 43.9 Å². The van der Waals surface area contributed by atoms with E-state index in [-0.39, 0.29) is 12.9 Å². The van der Waals surface area contributed by atoms with Gasteiger partial charge in [0.15, 0.2) is 0 Å². The lowest BCUT2D eigenvalue weighted by Crippen LogP contribution is -2.37. The van der Waals surface area contributed by atoms with Crippen molar-refractivity contribution < 1.29 is 22.6 Å². The van der Waals surface area contributed by atoms with Gasteiger partial charge >= 0.3 is 0 Å². The summed E-state index contributed by atoms with van der Waals surface area (Å²) in [5.74, 6) is 0.299. The van der Waals surface area contributed by atoms with E-state index in [4.69, 9.17) is 14.2 Å². The van der Waals surface area contributed by atoms with Crippen molar-refractivity contribution in [3.63, 3.8) is 0 Å². The molecule has 30 heavy (non-hydrogen) atoms. The van der Waals surface area contributed by atoms with Crippen LogP contribution in [0.3, 0.4) is 0 Å². The fourth-order valence-corrected chi connectivity index (χ4v) is 5.78. The van der Waals surface area contributed by atoms with E-state index in [1.165, 1.54) is 0 Å². The van der Waals surface area contributed by atoms with Crippen LogP contribution in [0.25, 0.3) is 0 Å². The molecule has 172 valence electrons. The molecule has 0 saturated carbocycles. The van der Waals surface area contributed by atoms with Gasteiger partial charge in [0, 0.05) is 11.6 Å². The molecule has 0 aliphatic rings. The maximum atomic E-state index is 13.2. The maximum Gasteiger partial charge on any atom is 0.241 e. The first kappa shape index (κ1) is 27.3. The van der Waals surface area contributed by atoms with Gasteiger partial charge in [-0.25, -0.2) is 13.1 Å². The molecule has 0 aromatic heterocycles. The molecule has 0 spiro atoms. The zero-order chi connectivity index (χ0) is 22.9. The number of ether oxygens (including phenoxy) is 3. The van der Waals surface area contributed by atoms with Gasteiger partial charge in [-0.15, -0.1) is 0 Å². The Morgan fingerprint density at radius 2 is 1.73 bits per heavy atom. The maximum absolute atomic E-state index is 13.2. The number of hydrogen-bond acceptors (Lipinski definition) is 5. The molecule has 8 heteroatoms. The van der Waals surface area contributed by atoms with Gasteiger partial charge in [0.2, 0.25) is 10.0 Å². The first-order valence-electron chi connectivity index (χ1n) is 10.1. The molecule has 1 N–H and O–H groups in total.